The largest absolute Gasteiger partial charge is 0.481 e. The van der Waals surface area contributed by atoms with Crippen LogP contribution in [0.3, 0.4) is 0 Å². The average Bonchev–Trinajstić information content (AvgIpc) is 3.36. The van der Waals surface area contributed by atoms with E-state index in [1.807, 2.05) is 0 Å². The van der Waals surface area contributed by atoms with Gasteiger partial charge in [-0.2, -0.15) is 0 Å². The van der Waals surface area contributed by atoms with Gasteiger partial charge in [0.2, 0.25) is 0 Å². The van der Waals surface area contributed by atoms with Crippen LogP contribution in [0.15, 0.2) is 48.5 Å². The predicted molar refractivity (Wildman–Crippen MR) is 280 cm³/mol. The summed E-state index contributed by atoms with van der Waals surface area (Å²) < 4.78 is 21.4. The highest BCUT2D eigenvalue weighted by Gasteiger charge is 2.20. The molecule has 0 fully saturated rings. The van der Waals surface area contributed by atoms with Gasteiger partial charge in [-0.05, 0) is 62.8 Å². The molecule has 0 aliphatic rings. The van der Waals surface area contributed by atoms with Gasteiger partial charge in [0.25, 0.3) is 0 Å². The van der Waals surface area contributed by atoms with Crippen molar-refractivity contribution in [1.82, 2.24) is 0 Å². The number of hydrogen-bond acceptors (Lipinski definition) is 10. The first-order valence-corrected chi connectivity index (χ1v) is 27.3. The zero-order chi connectivity index (χ0) is 51.7. The molecule has 70 heavy (non-hydrogen) atoms. The van der Waals surface area contributed by atoms with Crippen LogP contribution in [0.1, 0.15) is 275 Å². The van der Waals surface area contributed by atoms with Crippen molar-refractivity contribution in [3.63, 3.8) is 0 Å². The minimum atomic E-state index is -0.740. The van der Waals surface area contributed by atoms with Gasteiger partial charge in [-0.1, -0.05) is 206 Å². The second-order valence-corrected chi connectivity index (χ2v) is 18.1. The number of aliphatic carboxylic acids is 2. The smallest absolute Gasteiger partial charge is 0.339 e. The fourth-order valence-corrected chi connectivity index (χ4v) is 7.44. The molecule has 0 atom stereocenters. The van der Waals surface area contributed by atoms with Crippen LogP contribution in [0, 0.1) is 0 Å². The van der Waals surface area contributed by atoms with Gasteiger partial charge in [0.05, 0.1) is 48.7 Å². The van der Waals surface area contributed by atoms with Gasteiger partial charge >= 0.3 is 35.8 Å². The van der Waals surface area contributed by atoms with Gasteiger partial charge < -0.3 is 29.2 Å². The Morgan fingerprint density at radius 3 is 0.686 bits per heavy atom. The van der Waals surface area contributed by atoms with E-state index < -0.39 is 35.8 Å². The Morgan fingerprint density at radius 2 is 0.486 bits per heavy atom. The number of carbonyl (C=O) groups excluding carboxylic acids is 4. The van der Waals surface area contributed by atoms with Crippen molar-refractivity contribution in [2.45, 2.75) is 233 Å². The van der Waals surface area contributed by atoms with Gasteiger partial charge in [0.15, 0.2) is 0 Å². The van der Waals surface area contributed by atoms with E-state index in [-0.39, 0.29) is 12.8 Å². The number of ether oxygens (including phenoxy) is 4. The quantitative estimate of drug-likeness (QED) is 0.0366. The Morgan fingerprint density at radius 1 is 0.300 bits per heavy atom. The van der Waals surface area contributed by atoms with Gasteiger partial charge in [0, 0.05) is 12.8 Å². The third-order valence-electron chi connectivity index (χ3n) is 11.7. The lowest BCUT2D eigenvalue weighted by Crippen LogP contribution is -2.15. The first-order valence-electron chi connectivity index (χ1n) is 27.3. The number of benzene rings is 2. The molecular weight excluding hydrogens is 889 g/mol. The number of rotatable bonds is 41. The maximum atomic E-state index is 12.4. The van der Waals surface area contributed by atoms with Gasteiger partial charge in [-0.3, -0.25) is 9.59 Å². The molecule has 2 aromatic rings. The van der Waals surface area contributed by atoms with E-state index in [1.165, 1.54) is 103 Å². The maximum absolute atomic E-state index is 12.4. The average molecular weight is 983 g/mol. The first-order chi connectivity index (χ1) is 34.0. The molecule has 0 aliphatic carbocycles. The van der Waals surface area contributed by atoms with Crippen LogP contribution in [-0.2, 0) is 28.5 Å². The van der Waals surface area contributed by atoms with Crippen LogP contribution >= 0.6 is 0 Å². The Kier molecular flexibility index (Phi) is 44.7. The van der Waals surface area contributed by atoms with Crippen molar-refractivity contribution in [1.29, 1.82) is 0 Å². The second-order valence-electron chi connectivity index (χ2n) is 18.1. The van der Waals surface area contributed by atoms with E-state index in [0.717, 1.165) is 89.9 Å². The Labute approximate surface area is 422 Å². The number of carbonyl (C=O) groups is 6. The van der Waals surface area contributed by atoms with Crippen LogP contribution in [0.5, 0.6) is 0 Å². The molecule has 12 nitrogen and oxygen atoms in total. The number of carboxylic acid groups (broad SMARTS) is 2. The lowest BCUT2D eigenvalue weighted by atomic mass is 10.1. The molecule has 2 rings (SSSR count). The maximum Gasteiger partial charge on any atom is 0.339 e. The minimum absolute atomic E-state index is 0.245. The third-order valence-corrected chi connectivity index (χ3v) is 11.7. The minimum Gasteiger partial charge on any atom is -0.481 e. The Bertz CT molecular complexity index is 1420. The van der Waals surface area contributed by atoms with Crippen molar-refractivity contribution in [2.24, 2.45) is 0 Å². The molecular formula is C58H94O12. The summed E-state index contributed by atoms with van der Waals surface area (Å²) in [7, 11) is 0. The van der Waals surface area contributed by atoms with E-state index in [0.29, 0.717) is 48.7 Å². The molecule has 2 aromatic carbocycles. The van der Waals surface area contributed by atoms with Crippen molar-refractivity contribution < 1.29 is 57.9 Å². The number of carboxylic acids is 2. The second kappa shape index (κ2) is 47.9. The van der Waals surface area contributed by atoms with Crippen molar-refractivity contribution in [2.75, 3.05) is 26.4 Å². The molecule has 0 saturated carbocycles. The van der Waals surface area contributed by atoms with E-state index in [9.17, 15) is 28.8 Å². The monoisotopic (exact) mass is 983 g/mol. The van der Waals surface area contributed by atoms with E-state index in [2.05, 4.69) is 27.7 Å². The van der Waals surface area contributed by atoms with Crippen LogP contribution in [0.2, 0.25) is 0 Å². The summed E-state index contributed by atoms with van der Waals surface area (Å²) in [5.41, 5.74) is 1.17. The molecule has 0 amide bonds. The Hall–Kier alpha value is -4.74. The summed E-state index contributed by atoms with van der Waals surface area (Å²) in [5.74, 6) is -3.26. The van der Waals surface area contributed by atoms with E-state index in [4.69, 9.17) is 29.2 Å². The molecule has 0 saturated heterocycles. The first kappa shape index (κ1) is 65.3. The third kappa shape index (κ3) is 38.1. The van der Waals surface area contributed by atoms with E-state index >= 15 is 0 Å². The van der Waals surface area contributed by atoms with Crippen LogP contribution in [-0.4, -0.2) is 72.5 Å². The summed E-state index contributed by atoms with van der Waals surface area (Å²) in [6.07, 6.45) is 33.1. The zero-order valence-electron chi connectivity index (χ0n) is 44.1. The molecule has 0 radical (unpaired) electrons. The molecule has 2 N–H and O–H groups in total. The summed E-state index contributed by atoms with van der Waals surface area (Å²) >= 11 is 0. The van der Waals surface area contributed by atoms with Gasteiger partial charge in [-0.25, -0.2) is 19.2 Å². The lowest BCUT2D eigenvalue weighted by Gasteiger charge is -2.10. The highest BCUT2D eigenvalue weighted by atomic mass is 16.5. The van der Waals surface area contributed by atoms with Crippen LogP contribution < -0.4 is 0 Å². The predicted octanol–water partition coefficient (Wildman–Crippen LogP) is 15.7. The van der Waals surface area contributed by atoms with Gasteiger partial charge in [0.1, 0.15) is 0 Å². The Balaban J connectivity index is 0.00000108. The molecule has 398 valence electrons. The summed E-state index contributed by atoms with van der Waals surface area (Å²) in [4.78, 5) is 69.7. The summed E-state index contributed by atoms with van der Waals surface area (Å²) in [6, 6.07) is 13.5. The molecule has 0 aliphatic heterocycles. The molecule has 0 bridgehead atoms. The molecule has 0 heterocycles. The number of unbranched alkanes of at least 4 members (excludes halogenated alkanes) is 25. The van der Waals surface area contributed by atoms with Gasteiger partial charge in [-0.15, -0.1) is 0 Å². The standard InChI is InChI=1S/2C24H38O4.C10H18O4/c2*1-3-5-7-9-11-15-19-27-23(25)21-17-13-14-18-22(21)24(26)28-20-16-12-10-8-6-4-2;11-9(12)7-5-3-1-2-4-6-8-10(13)14/h2*13-14,17-18H,3-12,15-16,19-20H2,1-2H3;1-8H2,(H,11,12)(H,13,14). The topological polar surface area (TPSA) is 180 Å². The highest BCUT2D eigenvalue weighted by molar-refractivity contribution is 6.03. The van der Waals surface area contributed by atoms with Crippen LogP contribution in [0.25, 0.3) is 0 Å². The van der Waals surface area contributed by atoms with E-state index in [1.54, 1.807) is 48.5 Å². The number of esters is 4. The summed E-state index contributed by atoms with van der Waals surface area (Å²) in [6.45, 7) is 10.3. The molecule has 0 unspecified atom stereocenters. The van der Waals surface area contributed by atoms with Crippen molar-refractivity contribution >= 4 is 35.8 Å². The molecule has 0 spiro atoms. The fraction of sp³-hybridized carbons (Fsp3) is 0.690. The van der Waals surface area contributed by atoms with Crippen molar-refractivity contribution in [3.8, 4) is 0 Å². The van der Waals surface area contributed by atoms with Crippen molar-refractivity contribution in [3.05, 3.63) is 70.8 Å². The normalized spacial score (nSPS) is 10.5. The van der Waals surface area contributed by atoms with Crippen LogP contribution in [0.4, 0.5) is 0 Å². The fourth-order valence-electron chi connectivity index (χ4n) is 7.44. The highest BCUT2D eigenvalue weighted by Crippen LogP contribution is 2.16. The lowest BCUT2D eigenvalue weighted by molar-refractivity contribution is -0.138. The molecule has 0 aromatic heterocycles. The zero-order valence-corrected chi connectivity index (χ0v) is 44.1. The SMILES string of the molecule is CCCCCCCCOC(=O)c1ccccc1C(=O)OCCCCCCCC.CCCCCCCCOC(=O)c1ccccc1C(=O)OCCCCCCCC.O=C(O)CCCCCCCCC(=O)O. The number of hydrogen-bond donors (Lipinski definition) is 2. The summed E-state index contributed by atoms with van der Waals surface area (Å²) in [5, 5.41) is 16.7. The molecule has 12 heteroatoms.